The van der Waals surface area contributed by atoms with Crippen molar-refractivity contribution in [3.8, 4) is 0 Å². The Hall–Kier alpha value is -2.58. The van der Waals surface area contributed by atoms with Gasteiger partial charge in [0.25, 0.3) is 0 Å². The van der Waals surface area contributed by atoms with Gasteiger partial charge < -0.3 is 4.90 Å². The first-order valence-electron chi connectivity index (χ1n) is 8.62. The molecule has 2 saturated heterocycles. The lowest BCUT2D eigenvalue weighted by Gasteiger charge is -2.31. The first-order chi connectivity index (χ1) is 11.9. The summed E-state index contributed by atoms with van der Waals surface area (Å²) in [6, 6.07) is 33.8. The van der Waals surface area contributed by atoms with E-state index in [-0.39, 0.29) is 0 Å². The van der Waals surface area contributed by atoms with Crippen LogP contribution in [-0.2, 0) is 0 Å². The van der Waals surface area contributed by atoms with E-state index in [0.29, 0.717) is 18.2 Å². The molecular weight excluding hydrogens is 292 g/mol. The fraction of sp³-hybridized carbons (Fsp3) is 0.182. The van der Waals surface area contributed by atoms with E-state index < -0.39 is 0 Å². The van der Waals surface area contributed by atoms with Crippen molar-refractivity contribution < 1.29 is 0 Å². The van der Waals surface area contributed by atoms with Gasteiger partial charge in [0, 0.05) is 18.3 Å². The normalized spacial score (nSPS) is 27.8. The van der Waals surface area contributed by atoms with Gasteiger partial charge >= 0.3 is 0 Å². The highest BCUT2D eigenvalue weighted by molar-refractivity contribution is 5.53. The molecule has 0 aromatic heterocycles. The molecule has 24 heavy (non-hydrogen) atoms. The van der Waals surface area contributed by atoms with Gasteiger partial charge in [0.05, 0.1) is 6.04 Å². The van der Waals surface area contributed by atoms with Crippen LogP contribution in [-0.4, -0.2) is 17.5 Å². The minimum absolute atomic E-state index is 0.323. The smallest absolute Gasteiger partial charge is 0.109 e. The van der Waals surface area contributed by atoms with E-state index in [9.17, 15) is 0 Å². The molecule has 4 atom stereocenters. The van der Waals surface area contributed by atoms with Gasteiger partial charge in [-0.25, -0.2) is 0 Å². The zero-order valence-electron chi connectivity index (χ0n) is 13.5. The molecule has 2 aliphatic rings. The van der Waals surface area contributed by atoms with Crippen LogP contribution in [0.15, 0.2) is 91.0 Å². The van der Waals surface area contributed by atoms with Crippen molar-refractivity contribution in [3.63, 3.8) is 0 Å². The maximum atomic E-state index is 2.65. The Balaban J connectivity index is 1.52. The third kappa shape index (κ3) is 2.15. The van der Waals surface area contributed by atoms with Crippen molar-refractivity contribution >= 4 is 5.69 Å². The Bertz CT molecular complexity index is 816. The minimum atomic E-state index is 0.323. The molecule has 2 nitrogen and oxygen atoms in total. The van der Waals surface area contributed by atoms with E-state index >= 15 is 0 Å². The Morgan fingerprint density at radius 3 is 1.79 bits per heavy atom. The zero-order valence-corrected chi connectivity index (χ0v) is 13.5. The number of nitrogens with zero attached hydrogens (tertiary/aromatic N) is 2. The maximum Gasteiger partial charge on any atom is 0.109 e. The van der Waals surface area contributed by atoms with Gasteiger partial charge in [-0.1, -0.05) is 78.9 Å². The van der Waals surface area contributed by atoms with Gasteiger partial charge in [0.2, 0.25) is 0 Å². The topological polar surface area (TPSA) is 6.25 Å². The lowest BCUT2D eigenvalue weighted by atomic mass is 10.1. The average molecular weight is 312 g/mol. The maximum absolute atomic E-state index is 2.65. The first-order valence-corrected chi connectivity index (χ1v) is 8.62. The van der Waals surface area contributed by atoms with Crippen LogP contribution in [0.4, 0.5) is 5.69 Å². The molecule has 0 spiro atoms. The third-order valence-corrected chi connectivity index (χ3v) is 5.27. The molecule has 0 aliphatic carbocycles. The third-order valence-electron chi connectivity index (χ3n) is 5.27. The summed E-state index contributed by atoms with van der Waals surface area (Å²) < 4.78 is 0. The number of anilines is 1. The number of fused-ring (bicyclic) bond motifs is 1. The monoisotopic (exact) mass is 312 g/mol. The van der Waals surface area contributed by atoms with Gasteiger partial charge in [0.1, 0.15) is 6.17 Å². The van der Waals surface area contributed by atoms with E-state index in [0.717, 1.165) is 6.54 Å². The van der Waals surface area contributed by atoms with Crippen LogP contribution in [0.5, 0.6) is 0 Å². The molecule has 3 aromatic rings. The molecule has 118 valence electrons. The molecule has 2 aliphatic heterocycles. The van der Waals surface area contributed by atoms with Crippen LogP contribution in [0, 0.1) is 0 Å². The van der Waals surface area contributed by atoms with Crippen molar-refractivity contribution in [3.05, 3.63) is 102 Å². The van der Waals surface area contributed by atoms with Crippen molar-refractivity contribution in [1.29, 1.82) is 0 Å². The number of para-hydroxylation sites is 1. The van der Waals surface area contributed by atoms with Gasteiger partial charge in [-0.3, -0.25) is 4.90 Å². The molecule has 0 bridgehead atoms. The SMILES string of the molecule is c1ccc([C@H]2[C@@H]3CN(c4ccccc4)[C@H](c4ccccc4)N32)cc1. The van der Waals surface area contributed by atoms with Gasteiger partial charge in [-0.05, 0) is 23.3 Å². The average Bonchev–Trinajstić information content (AvgIpc) is 3.24. The molecular formula is C22H20N2. The van der Waals surface area contributed by atoms with E-state index in [1.807, 2.05) is 0 Å². The standard InChI is InChI=1S/C22H20N2/c1-4-10-17(11-5-1)21-20-16-23(19-14-8-3-9-15-19)22(24(20)21)18-12-6-2-7-13-18/h1-15,20-22H,16H2/t20-,21-,22-,24?/m0/s1. The van der Waals surface area contributed by atoms with E-state index in [1.165, 1.54) is 16.8 Å². The summed E-state index contributed by atoms with van der Waals surface area (Å²) in [5.74, 6) is 0. The van der Waals surface area contributed by atoms with E-state index in [2.05, 4.69) is 101 Å². The van der Waals surface area contributed by atoms with Crippen LogP contribution in [0.2, 0.25) is 0 Å². The summed E-state index contributed by atoms with van der Waals surface area (Å²) in [7, 11) is 0. The highest BCUT2D eigenvalue weighted by atomic mass is 15.5. The van der Waals surface area contributed by atoms with Crippen LogP contribution in [0.3, 0.4) is 0 Å². The van der Waals surface area contributed by atoms with Crippen molar-refractivity contribution in [2.24, 2.45) is 0 Å². The largest absolute Gasteiger partial charge is 0.350 e. The highest BCUT2D eigenvalue weighted by Gasteiger charge is 2.59. The number of hydrogen-bond donors (Lipinski definition) is 0. The Labute approximate surface area is 143 Å². The molecule has 0 saturated carbocycles. The van der Waals surface area contributed by atoms with E-state index in [1.54, 1.807) is 0 Å². The number of benzene rings is 3. The fourth-order valence-corrected chi connectivity index (χ4v) is 4.18. The van der Waals surface area contributed by atoms with Crippen molar-refractivity contribution in [2.45, 2.75) is 18.2 Å². The molecule has 3 aromatic carbocycles. The molecule has 1 unspecified atom stereocenters. The Morgan fingerprint density at radius 1 is 0.625 bits per heavy atom. The van der Waals surface area contributed by atoms with E-state index in [4.69, 9.17) is 0 Å². The molecule has 2 fully saturated rings. The lowest BCUT2D eigenvalue weighted by Crippen LogP contribution is -2.30. The molecule has 0 radical (unpaired) electrons. The zero-order chi connectivity index (χ0) is 15.9. The lowest BCUT2D eigenvalue weighted by molar-refractivity contribution is 0.404. The summed E-state index contributed by atoms with van der Waals surface area (Å²) in [6.45, 7) is 1.09. The summed E-state index contributed by atoms with van der Waals surface area (Å²) in [5, 5.41) is 0. The Morgan fingerprint density at radius 2 is 1.17 bits per heavy atom. The van der Waals surface area contributed by atoms with Crippen LogP contribution in [0.1, 0.15) is 23.3 Å². The van der Waals surface area contributed by atoms with Gasteiger partial charge in [0.15, 0.2) is 0 Å². The van der Waals surface area contributed by atoms with Gasteiger partial charge in [-0.15, -0.1) is 0 Å². The first kappa shape index (κ1) is 13.8. The summed E-state index contributed by atoms with van der Waals surface area (Å²) >= 11 is 0. The molecule has 5 rings (SSSR count). The van der Waals surface area contributed by atoms with Crippen LogP contribution >= 0.6 is 0 Å². The Kier molecular flexibility index (Phi) is 3.17. The summed E-state index contributed by atoms with van der Waals surface area (Å²) in [4.78, 5) is 5.19. The molecule has 2 heteroatoms. The van der Waals surface area contributed by atoms with Crippen LogP contribution in [0.25, 0.3) is 0 Å². The fourth-order valence-electron chi connectivity index (χ4n) is 4.18. The minimum Gasteiger partial charge on any atom is -0.350 e. The summed E-state index contributed by atoms with van der Waals surface area (Å²) in [6.07, 6.45) is 0.323. The number of rotatable bonds is 3. The van der Waals surface area contributed by atoms with Crippen molar-refractivity contribution in [2.75, 3.05) is 11.4 Å². The quantitative estimate of drug-likeness (QED) is 0.650. The molecule has 2 heterocycles. The second-order valence-corrected chi connectivity index (χ2v) is 6.64. The molecule has 0 N–H and O–H groups in total. The second kappa shape index (κ2) is 5.50. The predicted molar refractivity (Wildman–Crippen MR) is 97.8 cm³/mol. The highest BCUT2D eigenvalue weighted by Crippen LogP contribution is 2.56. The predicted octanol–water partition coefficient (Wildman–Crippen LogP) is 4.63. The van der Waals surface area contributed by atoms with Crippen molar-refractivity contribution in [1.82, 2.24) is 4.90 Å². The van der Waals surface area contributed by atoms with Gasteiger partial charge in [-0.2, -0.15) is 0 Å². The second-order valence-electron chi connectivity index (χ2n) is 6.64. The number of hydrogen-bond acceptors (Lipinski definition) is 2. The molecule has 0 amide bonds. The summed E-state index contributed by atoms with van der Waals surface area (Å²) in [5.41, 5.74) is 4.13. The van der Waals surface area contributed by atoms with Crippen LogP contribution < -0.4 is 4.90 Å².